The molecular formula is C9H18N2O3S. The van der Waals surface area contributed by atoms with Crippen molar-refractivity contribution in [3.8, 4) is 0 Å². The van der Waals surface area contributed by atoms with Gasteiger partial charge in [-0.25, -0.2) is 9.59 Å². The summed E-state index contributed by atoms with van der Waals surface area (Å²) in [5.41, 5.74) is 0. The van der Waals surface area contributed by atoms with Crippen molar-refractivity contribution in [2.45, 2.75) is 25.8 Å². The number of rotatable bonds is 7. The van der Waals surface area contributed by atoms with Crippen LogP contribution in [0.5, 0.6) is 0 Å². The van der Waals surface area contributed by atoms with Crippen LogP contribution < -0.4 is 10.6 Å². The first kappa shape index (κ1) is 14.1. The number of urea groups is 1. The smallest absolute Gasteiger partial charge is 0.326 e. The summed E-state index contributed by atoms with van der Waals surface area (Å²) >= 11 is 1.71. The Bertz CT molecular complexity index is 212. The molecule has 0 saturated carbocycles. The Morgan fingerprint density at radius 3 is 2.60 bits per heavy atom. The molecule has 0 aliphatic carbocycles. The van der Waals surface area contributed by atoms with E-state index in [2.05, 4.69) is 10.6 Å². The lowest BCUT2D eigenvalue weighted by molar-refractivity contribution is -0.139. The van der Waals surface area contributed by atoms with E-state index in [4.69, 9.17) is 5.11 Å². The van der Waals surface area contributed by atoms with Gasteiger partial charge in [0.25, 0.3) is 0 Å². The van der Waals surface area contributed by atoms with Crippen molar-refractivity contribution in [3.63, 3.8) is 0 Å². The Morgan fingerprint density at radius 1 is 1.47 bits per heavy atom. The molecule has 0 aromatic rings. The summed E-state index contributed by atoms with van der Waals surface area (Å²) in [4.78, 5) is 21.8. The van der Waals surface area contributed by atoms with Crippen LogP contribution in [-0.2, 0) is 4.79 Å². The zero-order valence-electron chi connectivity index (χ0n) is 9.08. The number of carboxylic acid groups (broad SMARTS) is 1. The number of aliphatic carboxylic acids is 1. The van der Waals surface area contributed by atoms with Crippen LogP contribution >= 0.6 is 11.8 Å². The Balaban J connectivity index is 3.67. The lowest BCUT2D eigenvalue weighted by Gasteiger charge is -2.12. The maximum absolute atomic E-state index is 11.2. The van der Waals surface area contributed by atoms with Gasteiger partial charge < -0.3 is 15.7 Å². The topological polar surface area (TPSA) is 78.4 Å². The summed E-state index contributed by atoms with van der Waals surface area (Å²) in [6, 6.07) is -1.21. The third-order valence-electron chi connectivity index (χ3n) is 1.82. The number of carbonyl (C=O) groups is 2. The molecule has 0 heterocycles. The molecule has 0 aliphatic heterocycles. The van der Waals surface area contributed by atoms with Crippen molar-refractivity contribution in [3.05, 3.63) is 0 Å². The van der Waals surface area contributed by atoms with Gasteiger partial charge in [0.2, 0.25) is 0 Å². The Labute approximate surface area is 94.0 Å². The van der Waals surface area contributed by atoms with Crippen molar-refractivity contribution in [2.75, 3.05) is 18.6 Å². The first-order chi connectivity index (χ1) is 7.11. The number of nitrogens with one attached hydrogen (secondary N) is 2. The van der Waals surface area contributed by atoms with Gasteiger partial charge in [-0.3, -0.25) is 0 Å². The van der Waals surface area contributed by atoms with Crippen LogP contribution in [0.15, 0.2) is 0 Å². The minimum Gasteiger partial charge on any atom is -0.480 e. The van der Waals surface area contributed by atoms with Crippen LogP contribution in [0, 0.1) is 0 Å². The molecule has 1 unspecified atom stereocenters. The van der Waals surface area contributed by atoms with Gasteiger partial charge in [-0.15, -0.1) is 0 Å². The van der Waals surface area contributed by atoms with E-state index < -0.39 is 18.0 Å². The van der Waals surface area contributed by atoms with E-state index in [9.17, 15) is 9.59 Å². The third kappa shape index (κ3) is 7.07. The van der Waals surface area contributed by atoms with Gasteiger partial charge in [0, 0.05) is 6.54 Å². The molecule has 88 valence electrons. The maximum atomic E-state index is 11.2. The highest BCUT2D eigenvalue weighted by molar-refractivity contribution is 7.98. The fourth-order valence-corrected chi connectivity index (χ4v) is 1.40. The van der Waals surface area contributed by atoms with Crippen LogP contribution in [-0.4, -0.2) is 41.7 Å². The second kappa shape index (κ2) is 8.40. The zero-order valence-corrected chi connectivity index (χ0v) is 9.89. The van der Waals surface area contributed by atoms with Crippen molar-refractivity contribution in [1.29, 1.82) is 0 Å². The van der Waals surface area contributed by atoms with Crippen molar-refractivity contribution in [2.24, 2.45) is 0 Å². The molecule has 0 aromatic heterocycles. The summed E-state index contributed by atoms with van der Waals surface area (Å²) in [6.45, 7) is 2.29. The van der Waals surface area contributed by atoms with Crippen LogP contribution in [0.2, 0.25) is 0 Å². The Hall–Kier alpha value is -0.910. The van der Waals surface area contributed by atoms with E-state index in [1.165, 1.54) is 0 Å². The van der Waals surface area contributed by atoms with Gasteiger partial charge in [-0.1, -0.05) is 6.92 Å². The molecule has 1 atom stereocenters. The molecule has 0 spiro atoms. The van der Waals surface area contributed by atoms with Crippen LogP contribution in [0.25, 0.3) is 0 Å². The van der Waals surface area contributed by atoms with E-state index in [-0.39, 0.29) is 0 Å². The van der Waals surface area contributed by atoms with Gasteiger partial charge >= 0.3 is 12.0 Å². The lowest BCUT2D eigenvalue weighted by atomic mass is 10.2. The molecule has 0 aliphatic rings. The largest absolute Gasteiger partial charge is 0.480 e. The molecule has 2 amide bonds. The number of carboxylic acids is 1. The van der Waals surface area contributed by atoms with Crippen LogP contribution in [0.3, 0.4) is 0 Å². The Kier molecular flexibility index (Phi) is 7.89. The molecule has 3 N–H and O–H groups in total. The second-order valence-electron chi connectivity index (χ2n) is 3.05. The quantitative estimate of drug-likeness (QED) is 0.572. The fourth-order valence-electron chi connectivity index (χ4n) is 0.966. The first-order valence-electron chi connectivity index (χ1n) is 4.88. The van der Waals surface area contributed by atoms with E-state index in [1.807, 2.05) is 6.26 Å². The molecule has 0 rings (SSSR count). The van der Waals surface area contributed by atoms with E-state index in [0.29, 0.717) is 13.0 Å². The highest BCUT2D eigenvalue weighted by Gasteiger charge is 2.16. The summed E-state index contributed by atoms with van der Waals surface area (Å²) in [5.74, 6) is -0.0204. The van der Waals surface area contributed by atoms with Crippen LogP contribution in [0.1, 0.15) is 19.8 Å². The maximum Gasteiger partial charge on any atom is 0.326 e. The molecule has 15 heavy (non-hydrogen) atoms. The first-order valence-corrected chi connectivity index (χ1v) is 6.27. The molecule has 5 nitrogen and oxygen atoms in total. The summed E-state index contributed by atoms with van der Waals surface area (Å²) < 4.78 is 0. The monoisotopic (exact) mass is 234 g/mol. The standard InChI is InChI=1S/C9H18N2O3S/c1-3-7(8(12)13)11-9(14)10-5-4-6-15-2/h7H,3-6H2,1-2H3,(H,12,13)(H2,10,11,14). The number of thioether (sulfide) groups is 1. The molecule has 0 aromatic carbocycles. The second-order valence-corrected chi connectivity index (χ2v) is 4.03. The summed E-state index contributed by atoms with van der Waals surface area (Å²) in [6.07, 6.45) is 3.27. The van der Waals surface area contributed by atoms with Gasteiger partial charge in [-0.2, -0.15) is 11.8 Å². The van der Waals surface area contributed by atoms with Gasteiger partial charge in [0.1, 0.15) is 6.04 Å². The molecule has 0 saturated heterocycles. The Morgan fingerprint density at radius 2 is 2.13 bits per heavy atom. The predicted molar refractivity (Wildman–Crippen MR) is 61.2 cm³/mol. The van der Waals surface area contributed by atoms with Crippen molar-refractivity contribution in [1.82, 2.24) is 10.6 Å². The fraction of sp³-hybridized carbons (Fsp3) is 0.778. The predicted octanol–water partition coefficient (Wildman–Crippen LogP) is 0.902. The number of hydrogen-bond donors (Lipinski definition) is 3. The molecular weight excluding hydrogens is 216 g/mol. The SMILES string of the molecule is CCC(NC(=O)NCCCSC)C(=O)O. The molecule has 0 bridgehead atoms. The highest BCUT2D eigenvalue weighted by Crippen LogP contribution is 1.94. The highest BCUT2D eigenvalue weighted by atomic mass is 32.2. The van der Waals surface area contributed by atoms with Gasteiger partial charge in [-0.05, 0) is 24.9 Å². The summed E-state index contributed by atoms with van der Waals surface area (Å²) in [5, 5.41) is 13.7. The molecule has 0 radical (unpaired) electrons. The molecule has 6 heteroatoms. The average molecular weight is 234 g/mol. The van der Waals surface area contributed by atoms with E-state index >= 15 is 0 Å². The minimum atomic E-state index is -1.00. The number of amides is 2. The van der Waals surface area contributed by atoms with Gasteiger partial charge in [0.15, 0.2) is 0 Å². The number of carbonyl (C=O) groups excluding carboxylic acids is 1. The average Bonchev–Trinajstić information content (AvgIpc) is 2.20. The minimum absolute atomic E-state index is 0.383. The normalized spacial score (nSPS) is 11.9. The lowest BCUT2D eigenvalue weighted by Crippen LogP contribution is -2.45. The van der Waals surface area contributed by atoms with Crippen LogP contribution in [0.4, 0.5) is 4.79 Å². The third-order valence-corrected chi connectivity index (χ3v) is 2.52. The number of hydrogen-bond acceptors (Lipinski definition) is 3. The van der Waals surface area contributed by atoms with E-state index in [1.54, 1.807) is 18.7 Å². The summed E-state index contributed by atoms with van der Waals surface area (Å²) in [7, 11) is 0. The zero-order chi connectivity index (χ0) is 11.7. The van der Waals surface area contributed by atoms with Crippen molar-refractivity contribution < 1.29 is 14.7 Å². The molecule has 0 fully saturated rings. The van der Waals surface area contributed by atoms with Gasteiger partial charge in [0.05, 0.1) is 0 Å². The van der Waals surface area contributed by atoms with Crippen molar-refractivity contribution >= 4 is 23.8 Å². The van der Waals surface area contributed by atoms with E-state index in [0.717, 1.165) is 12.2 Å².